The molecule has 106 valence electrons. The molecule has 0 spiro atoms. The number of ether oxygens (including phenoxy) is 1. The molecule has 1 amide bonds. The predicted octanol–water partition coefficient (Wildman–Crippen LogP) is 2.30. The molecule has 0 aromatic heterocycles. The predicted molar refractivity (Wildman–Crippen MR) is 74.8 cm³/mol. The molecule has 21 heavy (non-hydrogen) atoms. The monoisotopic (exact) mass is 284 g/mol. The Morgan fingerprint density at radius 1 is 1.24 bits per heavy atom. The topological polar surface area (TPSA) is 76.1 Å². The van der Waals surface area contributed by atoms with E-state index in [2.05, 4.69) is 0 Å². The third kappa shape index (κ3) is 3.80. The van der Waals surface area contributed by atoms with Gasteiger partial charge in [0.05, 0.1) is 18.1 Å². The van der Waals surface area contributed by atoms with E-state index in [0.717, 1.165) is 0 Å². The van der Waals surface area contributed by atoms with Gasteiger partial charge < -0.3 is 10.5 Å². The quantitative estimate of drug-likeness (QED) is 0.915. The second-order valence-electron chi connectivity index (χ2n) is 4.45. The van der Waals surface area contributed by atoms with Crippen molar-refractivity contribution in [2.45, 2.75) is 13.0 Å². The zero-order chi connectivity index (χ0) is 15.2. The Balaban J connectivity index is 2.19. The van der Waals surface area contributed by atoms with Gasteiger partial charge in [0, 0.05) is 11.1 Å². The molecule has 0 aliphatic carbocycles. The number of hydrogen-bond donors (Lipinski definition) is 1. The van der Waals surface area contributed by atoms with Crippen LogP contribution in [0.3, 0.4) is 0 Å². The fourth-order valence-electron chi connectivity index (χ4n) is 1.92. The van der Waals surface area contributed by atoms with Gasteiger partial charge in [0.2, 0.25) is 5.91 Å². The van der Waals surface area contributed by atoms with Gasteiger partial charge in [-0.2, -0.15) is 5.26 Å². The van der Waals surface area contributed by atoms with Gasteiger partial charge in [0.1, 0.15) is 18.2 Å². The van der Waals surface area contributed by atoms with Crippen LogP contribution in [0.2, 0.25) is 0 Å². The van der Waals surface area contributed by atoms with Crippen LogP contribution in [0.1, 0.15) is 16.7 Å². The first-order valence-electron chi connectivity index (χ1n) is 6.27. The standard InChI is InChI=1S/C16H13FN2O2/c17-14-6-5-12(9-18)13(7-14)10-21-15-4-2-1-3-11(15)8-16(19)20/h1-7H,8,10H2,(H2,19,20). The third-order valence-electron chi connectivity index (χ3n) is 2.91. The van der Waals surface area contributed by atoms with Crippen LogP contribution in [-0.2, 0) is 17.8 Å². The van der Waals surface area contributed by atoms with Crippen molar-refractivity contribution < 1.29 is 13.9 Å². The second kappa shape index (κ2) is 6.53. The Hall–Kier alpha value is -2.87. The zero-order valence-corrected chi connectivity index (χ0v) is 11.2. The lowest BCUT2D eigenvalue weighted by atomic mass is 10.1. The first kappa shape index (κ1) is 14.5. The summed E-state index contributed by atoms with van der Waals surface area (Å²) in [7, 11) is 0. The first-order valence-corrected chi connectivity index (χ1v) is 6.27. The van der Waals surface area contributed by atoms with E-state index in [0.29, 0.717) is 22.4 Å². The average Bonchev–Trinajstić information content (AvgIpc) is 2.46. The van der Waals surface area contributed by atoms with Crippen LogP contribution in [0.15, 0.2) is 42.5 Å². The first-order chi connectivity index (χ1) is 10.1. The number of rotatable bonds is 5. The molecule has 0 saturated carbocycles. The van der Waals surface area contributed by atoms with Crippen LogP contribution in [0.25, 0.3) is 0 Å². The van der Waals surface area contributed by atoms with Crippen molar-refractivity contribution in [1.29, 1.82) is 5.26 Å². The highest BCUT2D eigenvalue weighted by Crippen LogP contribution is 2.21. The van der Waals surface area contributed by atoms with Crippen LogP contribution in [0.4, 0.5) is 4.39 Å². The molecule has 0 bridgehead atoms. The molecule has 2 aromatic carbocycles. The number of primary amides is 1. The summed E-state index contributed by atoms with van der Waals surface area (Å²) in [6, 6.07) is 12.8. The molecule has 2 N–H and O–H groups in total. The molecule has 0 heterocycles. The van der Waals surface area contributed by atoms with Gasteiger partial charge in [-0.15, -0.1) is 0 Å². The number of halogens is 1. The highest BCUT2D eigenvalue weighted by molar-refractivity contribution is 5.77. The smallest absolute Gasteiger partial charge is 0.221 e. The molecule has 2 aromatic rings. The number of para-hydroxylation sites is 1. The van der Waals surface area contributed by atoms with E-state index >= 15 is 0 Å². The van der Waals surface area contributed by atoms with Crippen molar-refractivity contribution >= 4 is 5.91 Å². The van der Waals surface area contributed by atoms with Crippen molar-refractivity contribution in [2.75, 3.05) is 0 Å². The van der Waals surface area contributed by atoms with E-state index in [4.69, 9.17) is 15.7 Å². The highest BCUT2D eigenvalue weighted by atomic mass is 19.1. The molecule has 0 saturated heterocycles. The SMILES string of the molecule is N#Cc1ccc(F)cc1COc1ccccc1CC(N)=O. The van der Waals surface area contributed by atoms with Gasteiger partial charge in [0.15, 0.2) is 0 Å². The van der Waals surface area contributed by atoms with E-state index in [1.807, 2.05) is 6.07 Å². The van der Waals surface area contributed by atoms with Crippen molar-refractivity contribution in [3.63, 3.8) is 0 Å². The highest BCUT2D eigenvalue weighted by Gasteiger charge is 2.09. The largest absolute Gasteiger partial charge is 0.489 e. The number of amides is 1. The average molecular weight is 284 g/mol. The van der Waals surface area contributed by atoms with Crippen molar-refractivity contribution in [2.24, 2.45) is 5.73 Å². The maximum atomic E-state index is 13.2. The van der Waals surface area contributed by atoms with Gasteiger partial charge >= 0.3 is 0 Å². The lowest BCUT2D eigenvalue weighted by molar-refractivity contribution is -0.117. The van der Waals surface area contributed by atoms with Crippen molar-refractivity contribution in [3.8, 4) is 11.8 Å². The van der Waals surface area contributed by atoms with Crippen LogP contribution in [0.5, 0.6) is 5.75 Å². The molecule has 0 fully saturated rings. The zero-order valence-electron chi connectivity index (χ0n) is 11.2. The van der Waals surface area contributed by atoms with Crippen molar-refractivity contribution in [3.05, 3.63) is 65.0 Å². The molecule has 5 heteroatoms. The molecule has 0 unspecified atom stereocenters. The fourth-order valence-corrected chi connectivity index (χ4v) is 1.92. The number of nitrogens with zero attached hydrogens (tertiary/aromatic N) is 1. The minimum absolute atomic E-state index is 0.0381. The number of carbonyl (C=O) groups is 1. The Kier molecular flexibility index (Phi) is 4.52. The molecule has 4 nitrogen and oxygen atoms in total. The molecule has 0 aliphatic rings. The summed E-state index contributed by atoms with van der Waals surface area (Å²) in [4.78, 5) is 11.0. The van der Waals surface area contributed by atoms with E-state index < -0.39 is 11.7 Å². The molecular formula is C16H13FN2O2. The Bertz CT molecular complexity index is 708. The molecule has 0 aliphatic heterocycles. The Morgan fingerprint density at radius 2 is 2.00 bits per heavy atom. The lowest BCUT2D eigenvalue weighted by Gasteiger charge is -2.11. The number of benzene rings is 2. The summed E-state index contributed by atoms with van der Waals surface area (Å²) in [6.45, 7) is 0.0381. The van der Waals surface area contributed by atoms with E-state index in [9.17, 15) is 9.18 Å². The van der Waals surface area contributed by atoms with Crippen molar-refractivity contribution in [1.82, 2.24) is 0 Å². The van der Waals surface area contributed by atoms with E-state index in [1.165, 1.54) is 18.2 Å². The van der Waals surface area contributed by atoms with Crippen LogP contribution >= 0.6 is 0 Å². The fraction of sp³-hybridized carbons (Fsp3) is 0.125. The molecule has 0 atom stereocenters. The van der Waals surface area contributed by atoms with Gasteiger partial charge in [-0.1, -0.05) is 18.2 Å². The maximum Gasteiger partial charge on any atom is 0.221 e. The summed E-state index contributed by atoms with van der Waals surface area (Å²) in [6.07, 6.45) is 0.0600. The van der Waals surface area contributed by atoms with Gasteiger partial charge in [-0.25, -0.2) is 4.39 Å². The maximum absolute atomic E-state index is 13.2. The minimum atomic E-state index is -0.463. The van der Waals surface area contributed by atoms with E-state index in [1.54, 1.807) is 24.3 Å². The van der Waals surface area contributed by atoms with Crippen LogP contribution in [-0.4, -0.2) is 5.91 Å². The van der Waals surface area contributed by atoms with Crippen LogP contribution in [0, 0.1) is 17.1 Å². The third-order valence-corrected chi connectivity index (χ3v) is 2.91. The van der Waals surface area contributed by atoms with Gasteiger partial charge in [-0.3, -0.25) is 4.79 Å². The summed E-state index contributed by atoms with van der Waals surface area (Å²) >= 11 is 0. The molecular weight excluding hydrogens is 271 g/mol. The number of nitriles is 1. The number of carbonyl (C=O) groups excluding carboxylic acids is 1. The van der Waals surface area contributed by atoms with Gasteiger partial charge in [0.25, 0.3) is 0 Å². The van der Waals surface area contributed by atoms with E-state index in [-0.39, 0.29) is 13.0 Å². The van der Waals surface area contributed by atoms with Gasteiger partial charge in [-0.05, 0) is 24.3 Å². The number of nitrogens with two attached hydrogens (primary N) is 1. The molecule has 0 radical (unpaired) electrons. The summed E-state index contributed by atoms with van der Waals surface area (Å²) < 4.78 is 18.8. The number of hydrogen-bond acceptors (Lipinski definition) is 3. The lowest BCUT2D eigenvalue weighted by Crippen LogP contribution is -2.14. The normalized spacial score (nSPS) is 9.90. The Labute approximate surface area is 121 Å². The Morgan fingerprint density at radius 3 is 2.71 bits per heavy atom. The molecule has 2 rings (SSSR count). The minimum Gasteiger partial charge on any atom is -0.489 e. The summed E-state index contributed by atoms with van der Waals surface area (Å²) in [5.74, 6) is -0.406. The summed E-state index contributed by atoms with van der Waals surface area (Å²) in [5.41, 5.74) is 6.63. The van der Waals surface area contributed by atoms with Crippen LogP contribution < -0.4 is 10.5 Å². The summed E-state index contributed by atoms with van der Waals surface area (Å²) in [5, 5.41) is 8.99. The second-order valence-corrected chi connectivity index (χ2v) is 4.45.